The van der Waals surface area contributed by atoms with Gasteiger partial charge in [0.25, 0.3) is 6.71 Å². The van der Waals surface area contributed by atoms with Crippen molar-refractivity contribution in [3.05, 3.63) is 329 Å². The van der Waals surface area contributed by atoms with Gasteiger partial charge in [0.15, 0.2) is 0 Å². The SMILES string of the molecule is CC(C)(C)c1ccc(-c2cc(C(C)(C)C)cc(-c3ccc(C(C)(C)C)cc3)c2N2c3cc(-c4cc(C(C)(C)C)cc(C(C)(C)C)c4)ccc3B3c4ccc(-n5c6ccccc6c6ccc7c(c8ccccc8n7-c7ccccc7)c65)cc4N(c4c(-c5ccc(C(C)(C)C)cc5)cc(C(C)(C)C)cc4-c4ccc(C(C)(C)C)cc4)c4cc(C(C)(C)C)cc2c43)cc1. The van der Waals surface area contributed by atoms with Crippen molar-refractivity contribution < 1.29 is 0 Å². The van der Waals surface area contributed by atoms with Crippen molar-refractivity contribution in [1.82, 2.24) is 9.13 Å². The quantitative estimate of drug-likeness (QED) is 0.134. The van der Waals surface area contributed by atoms with E-state index in [0.717, 1.165) is 45.3 Å². The van der Waals surface area contributed by atoms with E-state index < -0.39 is 0 Å². The van der Waals surface area contributed by atoms with Gasteiger partial charge < -0.3 is 18.9 Å². The van der Waals surface area contributed by atoms with Crippen molar-refractivity contribution in [2.45, 2.75) is 236 Å². The molecular formula is C120H127BN4. The van der Waals surface area contributed by atoms with Gasteiger partial charge in [0.05, 0.1) is 33.4 Å². The predicted octanol–water partition coefficient (Wildman–Crippen LogP) is 32.0. The second-order valence-corrected chi connectivity index (χ2v) is 45.6. The average molecular weight is 1640 g/mol. The second-order valence-electron chi connectivity index (χ2n) is 45.6. The lowest BCUT2D eigenvalue weighted by Gasteiger charge is -2.47. The Morgan fingerprint density at radius 1 is 0.208 bits per heavy atom. The first kappa shape index (κ1) is 84.2. The first-order valence-corrected chi connectivity index (χ1v) is 45.7. The molecule has 0 bridgehead atoms. The van der Waals surface area contributed by atoms with Gasteiger partial charge in [-0.3, -0.25) is 0 Å². The Hall–Kier alpha value is -11.7. The number of hydrogen-bond acceptors (Lipinski definition) is 2. The summed E-state index contributed by atoms with van der Waals surface area (Å²) in [7, 11) is 0. The molecule has 0 unspecified atom stereocenters. The molecule has 14 aromatic carbocycles. The number of aromatic nitrogens is 2. The van der Waals surface area contributed by atoms with Crippen molar-refractivity contribution in [3.8, 4) is 67.0 Å². The monoisotopic (exact) mass is 1640 g/mol. The fraction of sp³-hybridized carbons (Fsp3) is 0.300. The van der Waals surface area contributed by atoms with E-state index in [1.54, 1.807) is 0 Å². The summed E-state index contributed by atoms with van der Waals surface area (Å²) in [5.41, 5.74) is 39.6. The van der Waals surface area contributed by atoms with E-state index >= 15 is 0 Å². The maximum absolute atomic E-state index is 2.81. The summed E-state index contributed by atoms with van der Waals surface area (Å²) in [5.74, 6) is 0. The fourth-order valence-corrected chi connectivity index (χ4v) is 19.6. The minimum absolute atomic E-state index is 0.0723. The molecule has 0 atom stereocenters. The molecule has 0 saturated heterocycles. The molecule has 630 valence electrons. The topological polar surface area (TPSA) is 16.3 Å². The number of nitrogens with zero attached hydrogens (tertiary/aromatic N) is 4. The maximum Gasteiger partial charge on any atom is 0.252 e. The van der Waals surface area contributed by atoms with Crippen LogP contribution in [0.4, 0.5) is 34.1 Å². The van der Waals surface area contributed by atoms with E-state index in [4.69, 9.17) is 0 Å². The number of anilines is 6. The Labute approximate surface area is 746 Å². The Kier molecular flexibility index (Phi) is 19.9. The van der Waals surface area contributed by atoms with Crippen LogP contribution in [0, 0.1) is 0 Å². The summed E-state index contributed by atoms with van der Waals surface area (Å²) >= 11 is 0. The highest BCUT2D eigenvalue weighted by Gasteiger charge is 2.47. The van der Waals surface area contributed by atoms with Crippen LogP contribution in [-0.2, 0) is 48.7 Å². The van der Waals surface area contributed by atoms with Crippen molar-refractivity contribution in [2.24, 2.45) is 0 Å². The first-order valence-electron chi connectivity index (χ1n) is 45.7. The molecule has 16 aromatic rings. The third-order valence-electron chi connectivity index (χ3n) is 27.3. The average Bonchev–Trinajstić information content (AvgIpc) is 1.30. The normalized spacial score (nSPS) is 13.7. The van der Waals surface area contributed by atoms with Crippen LogP contribution in [0.5, 0.6) is 0 Å². The molecule has 0 spiro atoms. The maximum atomic E-state index is 2.81. The van der Waals surface area contributed by atoms with Gasteiger partial charge in [-0.2, -0.15) is 0 Å². The highest BCUT2D eigenvalue weighted by Crippen LogP contribution is 2.57. The molecular weight excluding hydrogens is 1510 g/mol. The number of benzene rings is 14. The zero-order valence-electron chi connectivity index (χ0n) is 79.4. The van der Waals surface area contributed by atoms with Gasteiger partial charge >= 0.3 is 0 Å². The molecule has 0 radical (unpaired) electrons. The highest BCUT2D eigenvalue weighted by atomic mass is 15.2. The largest absolute Gasteiger partial charge is 0.310 e. The summed E-state index contributed by atoms with van der Waals surface area (Å²) in [6.45, 7) is 63.7. The first-order chi connectivity index (χ1) is 58.7. The minimum atomic E-state index is -0.382. The molecule has 2 aliphatic heterocycles. The van der Waals surface area contributed by atoms with E-state index in [9.17, 15) is 0 Å². The van der Waals surface area contributed by atoms with Gasteiger partial charge in [-0.05, 0) is 234 Å². The molecule has 2 aliphatic rings. The number of fused-ring (bicyclic) bond motifs is 11. The van der Waals surface area contributed by atoms with Gasteiger partial charge in [0.1, 0.15) is 0 Å². The van der Waals surface area contributed by atoms with Crippen LogP contribution in [0.1, 0.15) is 237 Å². The molecule has 0 fully saturated rings. The Balaban J connectivity index is 1.05. The lowest BCUT2D eigenvalue weighted by atomic mass is 9.33. The van der Waals surface area contributed by atoms with E-state index in [-0.39, 0.29) is 55.4 Å². The Morgan fingerprint density at radius 2 is 0.544 bits per heavy atom. The molecule has 4 nitrogen and oxygen atoms in total. The van der Waals surface area contributed by atoms with Crippen LogP contribution < -0.4 is 26.2 Å². The van der Waals surface area contributed by atoms with Crippen LogP contribution in [0.25, 0.3) is 111 Å². The van der Waals surface area contributed by atoms with E-state index in [1.807, 2.05) is 0 Å². The molecule has 4 heterocycles. The number of hydrogen-bond donors (Lipinski definition) is 0. The van der Waals surface area contributed by atoms with E-state index in [2.05, 4.69) is 485 Å². The molecule has 0 saturated carbocycles. The third-order valence-corrected chi connectivity index (χ3v) is 27.3. The van der Waals surface area contributed by atoms with Crippen LogP contribution >= 0.6 is 0 Å². The fourth-order valence-electron chi connectivity index (χ4n) is 19.6. The van der Waals surface area contributed by atoms with Gasteiger partial charge in [-0.15, -0.1) is 0 Å². The number of para-hydroxylation sites is 3. The van der Waals surface area contributed by atoms with Crippen LogP contribution in [0.2, 0.25) is 0 Å². The Morgan fingerprint density at radius 3 is 0.944 bits per heavy atom. The lowest BCUT2D eigenvalue weighted by Crippen LogP contribution is -2.61. The van der Waals surface area contributed by atoms with E-state index in [0.29, 0.717) is 0 Å². The smallest absolute Gasteiger partial charge is 0.252 e. The van der Waals surface area contributed by atoms with Gasteiger partial charge in [0.2, 0.25) is 0 Å². The van der Waals surface area contributed by atoms with Gasteiger partial charge in [-0.1, -0.05) is 381 Å². The van der Waals surface area contributed by atoms with Gasteiger partial charge in [-0.25, -0.2) is 0 Å². The summed E-state index contributed by atoms with van der Waals surface area (Å²) in [6.07, 6.45) is 0. The third kappa shape index (κ3) is 14.9. The Bertz CT molecular complexity index is 6760. The molecule has 125 heavy (non-hydrogen) atoms. The van der Waals surface area contributed by atoms with Crippen molar-refractivity contribution in [3.63, 3.8) is 0 Å². The second kappa shape index (κ2) is 29.5. The zero-order chi connectivity index (χ0) is 88.9. The molecule has 0 N–H and O–H groups in total. The zero-order valence-corrected chi connectivity index (χ0v) is 79.4. The predicted molar refractivity (Wildman–Crippen MR) is 545 cm³/mol. The summed E-state index contributed by atoms with van der Waals surface area (Å²) in [4.78, 5) is 5.62. The summed E-state index contributed by atoms with van der Waals surface area (Å²) in [5, 5.41) is 4.86. The standard InChI is InChI=1S/C120H127BN4/c1-112(2,3)80-50-41-74(42-51-80)94-67-86(118(19,20)21)68-95(75-43-52-81(53-44-75)113(4,5)6)109(94)124-103-65-78(79-63-84(116(13,14)15)66-85(64-79)117(16,17)18)49-60-98(103)121-99-61-58-90(123-100-39-33-31-37-91(100)92-59-62-102-107(111(92)123)93-38-32-34-40-101(93)122(102)89-35-29-28-30-36-89)73-104(99)125(106-72-88(120(25,26)27)71-105(124)108(106)121)110-96(76-45-54-82(55-46-76)114(7,8)9)69-87(119(22,23)24)70-97(110)77-47-56-83(57-48-77)115(10,11)12/h28-73H,1-27H3. The minimum Gasteiger partial charge on any atom is -0.310 e. The molecule has 5 heteroatoms. The number of rotatable bonds is 9. The van der Waals surface area contributed by atoms with Crippen LogP contribution in [-0.4, -0.2) is 15.8 Å². The summed E-state index contributed by atoms with van der Waals surface area (Å²) in [6, 6.07) is 111. The van der Waals surface area contributed by atoms with Crippen LogP contribution in [0.15, 0.2) is 279 Å². The van der Waals surface area contributed by atoms with Crippen molar-refractivity contribution in [2.75, 3.05) is 9.80 Å². The van der Waals surface area contributed by atoms with Gasteiger partial charge in [0, 0.05) is 77.9 Å². The molecule has 18 rings (SSSR count). The van der Waals surface area contributed by atoms with E-state index in [1.165, 1.54) is 166 Å². The van der Waals surface area contributed by atoms with Crippen molar-refractivity contribution in [1.29, 1.82) is 0 Å². The molecule has 0 amide bonds. The molecule has 0 aliphatic carbocycles. The highest BCUT2D eigenvalue weighted by molar-refractivity contribution is 7.00. The van der Waals surface area contributed by atoms with Crippen LogP contribution in [0.3, 0.4) is 0 Å². The molecule has 2 aromatic heterocycles. The van der Waals surface area contributed by atoms with Crippen molar-refractivity contribution >= 4 is 101 Å². The lowest BCUT2D eigenvalue weighted by molar-refractivity contribution is 0.569. The summed E-state index contributed by atoms with van der Waals surface area (Å²) < 4.78 is 5.11.